The van der Waals surface area contributed by atoms with Gasteiger partial charge in [0, 0.05) is 35.7 Å². The van der Waals surface area contributed by atoms with E-state index >= 15 is 0 Å². The zero-order valence-electron chi connectivity index (χ0n) is 19.6. The molecule has 190 valence electrons. The van der Waals surface area contributed by atoms with Crippen molar-refractivity contribution in [2.24, 2.45) is 5.10 Å². The number of nitro benzene ring substituents is 1. The number of nitrogens with one attached hydrogen (secondary N) is 2. The van der Waals surface area contributed by atoms with Gasteiger partial charge in [-0.3, -0.25) is 19.7 Å². The van der Waals surface area contributed by atoms with Gasteiger partial charge in [-0.2, -0.15) is 5.10 Å². The molecule has 2 amide bonds. The number of furan rings is 1. The summed E-state index contributed by atoms with van der Waals surface area (Å²) in [6.45, 7) is 2.21. The van der Waals surface area contributed by atoms with E-state index < -0.39 is 10.8 Å². The second kappa shape index (κ2) is 9.94. The van der Waals surface area contributed by atoms with Crippen molar-refractivity contribution in [2.75, 3.05) is 6.79 Å². The highest BCUT2D eigenvalue weighted by molar-refractivity contribution is 6.32. The monoisotopic (exact) mass is 524 g/mol. The van der Waals surface area contributed by atoms with Crippen LogP contribution in [-0.2, 0) is 13.0 Å². The van der Waals surface area contributed by atoms with Crippen LogP contribution >= 0.6 is 11.6 Å². The number of benzene rings is 2. The van der Waals surface area contributed by atoms with Crippen molar-refractivity contribution in [2.45, 2.75) is 32.7 Å². The molecule has 5 rings (SSSR count). The summed E-state index contributed by atoms with van der Waals surface area (Å²) in [6.07, 6.45) is 1.91. The Balaban J connectivity index is 1.31. The Morgan fingerprint density at radius 3 is 2.73 bits per heavy atom. The van der Waals surface area contributed by atoms with Crippen molar-refractivity contribution in [1.82, 2.24) is 10.7 Å². The van der Waals surface area contributed by atoms with Gasteiger partial charge in [0.1, 0.15) is 10.8 Å². The van der Waals surface area contributed by atoms with Crippen LogP contribution in [0.1, 0.15) is 56.2 Å². The fraction of sp³-hybridized carbons (Fsp3) is 0.240. The standard InChI is InChI=1S/C25H21ClN4O7/c1-13-22-17(28-29-24(31)15-6-7-16(26)18(10-15)30(33)34)3-2-4-20(22)37-23(13)25(32)27-11-14-5-8-19-21(9-14)36-12-35-19/h5-10H,2-4,11-12H2,1H3,(H,27,32)(H,29,31)/b28-17+. The first-order valence-corrected chi connectivity index (χ1v) is 11.8. The molecule has 3 aromatic rings. The van der Waals surface area contributed by atoms with E-state index in [1.807, 2.05) is 12.1 Å². The highest BCUT2D eigenvalue weighted by Gasteiger charge is 2.28. The number of hydrogen-bond acceptors (Lipinski definition) is 8. The van der Waals surface area contributed by atoms with Gasteiger partial charge < -0.3 is 19.2 Å². The minimum Gasteiger partial charge on any atom is -0.455 e. The third kappa shape index (κ3) is 4.85. The molecule has 12 heteroatoms. The van der Waals surface area contributed by atoms with Crippen LogP contribution < -0.4 is 20.2 Å². The van der Waals surface area contributed by atoms with Gasteiger partial charge in [-0.25, -0.2) is 5.43 Å². The van der Waals surface area contributed by atoms with Crippen LogP contribution in [0.4, 0.5) is 5.69 Å². The Morgan fingerprint density at radius 1 is 1.11 bits per heavy atom. The molecule has 2 heterocycles. The number of aryl methyl sites for hydroxylation is 1. The quantitative estimate of drug-likeness (QED) is 0.361. The van der Waals surface area contributed by atoms with Crippen molar-refractivity contribution in [3.63, 3.8) is 0 Å². The van der Waals surface area contributed by atoms with Crippen molar-refractivity contribution in [3.05, 3.63) is 85.3 Å². The number of ether oxygens (including phenoxy) is 2. The van der Waals surface area contributed by atoms with E-state index in [1.165, 1.54) is 12.1 Å². The first-order chi connectivity index (χ1) is 17.8. The normalized spacial score (nSPS) is 14.8. The minimum absolute atomic E-state index is 0.0454. The maximum atomic E-state index is 12.9. The number of fused-ring (bicyclic) bond motifs is 2. The highest BCUT2D eigenvalue weighted by Crippen LogP contribution is 2.33. The number of halogens is 1. The summed E-state index contributed by atoms with van der Waals surface area (Å²) in [5.74, 6) is 1.10. The molecule has 0 radical (unpaired) electrons. The number of nitro groups is 1. The topological polar surface area (TPSA) is 145 Å². The number of carbonyl (C=O) groups is 2. The molecule has 0 bridgehead atoms. The summed E-state index contributed by atoms with van der Waals surface area (Å²) in [5, 5.41) is 18.2. The predicted molar refractivity (Wildman–Crippen MR) is 132 cm³/mol. The lowest BCUT2D eigenvalue weighted by Crippen LogP contribution is -2.23. The smallest absolute Gasteiger partial charge is 0.288 e. The number of hydrazone groups is 1. The van der Waals surface area contributed by atoms with Gasteiger partial charge in [0.15, 0.2) is 17.3 Å². The summed E-state index contributed by atoms with van der Waals surface area (Å²) in [7, 11) is 0. The molecule has 0 saturated heterocycles. The number of rotatable bonds is 6. The maximum absolute atomic E-state index is 12.9. The number of amides is 2. The van der Waals surface area contributed by atoms with Crippen LogP contribution in [0.2, 0.25) is 5.02 Å². The summed E-state index contributed by atoms with van der Waals surface area (Å²) >= 11 is 5.82. The number of carbonyl (C=O) groups excluding carboxylic acids is 2. The van der Waals surface area contributed by atoms with Crippen molar-refractivity contribution >= 4 is 34.8 Å². The van der Waals surface area contributed by atoms with Gasteiger partial charge in [-0.15, -0.1) is 0 Å². The molecular formula is C25H21ClN4O7. The van der Waals surface area contributed by atoms with Gasteiger partial charge in [0.2, 0.25) is 6.79 Å². The van der Waals surface area contributed by atoms with E-state index in [-0.39, 0.29) is 41.3 Å². The average Bonchev–Trinajstić information content (AvgIpc) is 3.50. The van der Waals surface area contributed by atoms with Gasteiger partial charge >= 0.3 is 0 Å². The molecule has 1 aliphatic heterocycles. The molecule has 2 N–H and O–H groups in total. The largest absolute Gasteiger partial charge is 0.455 e. The van der Waals surface area contributed by atoms with E-state index in [4.69, 9.17) is 25.5 Å². The third-order valence-corrected chi connectivity index (χ3v) is 6.44. The van der Waals surface area contributed by atoms with Gasteiger partial charge in [0.25, 0.3) is 17.5 Å². The van der Waals surface area contributed by atoms with E-state index in [1.54, 1.807) is 13.0 Å². The Labute approximate surface area is 215 Å². The molecule has 0 unspecified atom stereocenters. The molecule has 2 aromatic carbocycles. The van der Waals surface area contributed by atoms with Crippen molar-refractivity contribution in [3.8, 4) is 11.5 Å². The van der Waals surface area contributed by atoms with Gasteiger partial charge in [0.05, 0.1) is 10.6 Å². The molecule has 1 aliphatic carbocycles. The predicted octanol–water partition coefficient (Wildman–Crippen LogP) is 4.28. The molecule has 2 aliphatic rings. The zero-order valence-corrected chi connectivity index (χ0v) is 20.4. The molecule has 0 fully saturated rings. The summed E-state index contributed by atoms with van der Waals surface area (Å²) in [4.78, 5) is 36.0. The summed E-state index contributed by atoms with van der Waals surface area (Å²) in [5.41, 5.74) is 4.83. The lowest BCUT2D eigenvalue weighted by Gasteiger charge is -2.13. The Hall–Kier alpha value is -4.38. The molecule has 0 spiro atoms. The van der Waals surface area contributed by atoms with Crippen LogP contribution in [0, 0.1) is 17.0 Å². The highest BCUT2D eigenvalue weighted by atomic mass is 35.5. The van der Waals surface area contributed by atoms with E-state index in [9.17, 15) is 19.7 Å². The van der Waals surface area contributed by atoms with Crippen LogP contribution in [-0.4, -0.2) is 29.2 Å². The minimum atomic E-state index is -0.660. The maximum Gasteiger partial charge on any atom is 0.288 e. The second-order valence-corrected chi connectivity index (χ2v) is 8.91. The number of hydrogen-bond donors (Lipinski definition) is 2. The van der Waals surface area contributed by atoms with Crippen molar-refractivity contribution < 1.29 is 28.4 Å². The zero-order chi connectivity index (χ0) is 26.1. The average molecular weight is 525 g/mol. The van der Waals surface area contributed by atoms with Crippen LogP contribution in [0.25, 0.3) is 0 Å². The van der Waals surface area contributed by atoms with Crippen molar-refractivity contribution in [1.29, 1.82) is 0 Å². The Morgan fingerprint density at radius 2 is 1.92 bits per heavy atom. The second-order valence-electron chi connectivity index (χ2n) is 8.50. The molecule has 0 atom stereocenters. The summed E-state index contributed by atoms with van der Waals surface area (Å²) < 4.78 is 16.6. The SMILES string of the molecule is Cc1c(C(=O)NCc2ccc3c(c2)OCO3)oc2c1/C(=N/NC(=O)c1ccc(Cl)c([N+](=O)[O-])c1)CCC2. The fourth-order valence-electron chi connectivity index (χ4n) is 4.29. The first kappa shape index (κ1) is 24.3. The van der Waals surface area contributed by atoms with Gasteiger partial charge in [-0.1, -0.05) is 17.7 Å². The molecule has 37 heavy (non-hydrogen) atoms. The van der Waals surface area contributed by atoms with Crippen LogP contribution in [0.3, 0.4) is 0 Å². The molecule has 11 nitrogen and oxygen atoms in total. The van der Waals surface area contributed by atoms with Crippen LogP contribution in [0.5, 0.6) is 11.5 Å². The lowest BCUT2D eigenvalue weighted by atomic mass is 9.93. The van der Waals surface area contributed by atoms with E-state index in [2.05, 4.69) is 15.8 Å². The lowest BCUT2D eigenvalue weighted by molar-refractivity contribution is -0.384. The number of nitrogens with zero attached hydrogens (tertiary/aromatic N) is 2. The van der Waals surface area contributed by atoms with Gasteiger partial charge in [-0.05, 0) is 49.6 Å². The molecule has 0 saturated carbocycles. The third-order valence-electron chi connectivity index (χ3n) is 6.12. The van der Waals surface area contributed by atoms with E-state index in [0.717, 1.165) is 18.1 Å². The van der Waals surface area contributed by atoms with Crippen LogP contribution in [0.15, 0.2) is 45.9 Å². The van der Waals surface area contributed by atoms with E-state index in [0.29, 0.717) is 46.9 Å². The first-order valence-electron chi connectivity index (χ1n) is 11.4. The molecular weight excluding hydrogens is 504 g/mol. The Bertz CT molecular complexity index is 1460. The Kier molecular flexibility index (Phi) is 6.53. The fourth-order valence-corrected chi connectivity index (χ4v) is 4.47. The summed E-state index contributed by atoms with van der Waals surface area (Å²) in [6, 6.07) is 9.20. The molecule has 1 aromatic heterocycles.